The molecule has 0 radical (unpaired) electrons. The number of amides is 1. The SMILES string of the molecule is O=C(NC(=S)Nc1nc2ccc(N([O-])O)cc2s1)c1cc2ccccc2oc1=O. The molecule has 4 aromatic rings. The molecule has 0 saturated heterocycles. The number of carbonyl (C=O) groups excluding carboxylic acids is 1. The van der Waals surface area contributed by atoms with E-state index in [0.717, 1.165) is 0 Å². The molecule has 29 heavy (non-hydrogen) atoms. The number of fused-ring (bicyclic) bond motifs is 2. The van der Waals surface area contributed by atoms with Gasteiger partial charge in [-0.3, -0.25) is 15.3 Å². The predicted molar refractivity (Wildman–Crippen MR) is 113 cm³/mol. The lowest BCUT2D eigenvalue weighted by Gasteiger charge is -2.20. The summed E-state index contributed by atoms with van der Waals surface area (Å²) in [7, 11) is 0. The maximum absolute atomic E-state index is 12.4. The zero-order chi connectivity index (χ0) is 20.5. The van der Waals surface area contributed by atoms with Crippen LogP contribution in [0.2, 0.25) is 0 Å². The quantitative estimate of drug-likeness (QED) is 0.256. The third kappa shape index (κ3) is 3.93. The summed E-state index contributed by atoms with van der Waals surface area (Å²) in [6, 6.07) is 12.7. The van der Waals surface area contributed by atoms with Gasteiger partial charge >= 0.3 is 5.63 Å². The topological polar surface area (TPSA) is 131 Å². The van der Waals surface area contributed by atoms with Crippen molar-refractivity contribution >= 4 is 66.6 Å². The van der Waals surface area contributed by atoms with Gasteiger partial charge in [0.25, 0.3) is 5.91 Å². The first-order chi connectivity index (χ1) is 13.9. The number of nitrogens with zero attached hydrogens (tertiary/aromatic N) is 2. The third-order valence-electron chi connectivity index (χ3n) is 3.93. The molecule has 0 fully saturated rings. The Balaban J connectivity index is 1.51. The van der Waals surface area contributed by atoms with Gasteiger partial charge in [-0.25, -0.2) is 9.78 Å². The Bertz CT molecular complexity index is 1310. The summed E-state index contributed by atoms with van der Waals surface area (Å²) in [5, 5.41) is 25.8. The molecular weight excluding hydrogens is 416 g/mol. The van der Waals surface area contributed by atoms with Crippen LogP contribution in [-0.2, 0) is 0 Å². The molecule has 0 bridgehead atoms. The molecule has 146 valence electrons. The molecule has 4 rings (SSSR count). The minimum absolute atomic E-state index is 0.0607. The van der Waals surface area contributed by atoms with Gasteiger partial charge in [-0.05, 0) is 42.5 Å². The third-order valence-corrected chi connectivity index (χ3v) is 5.06. The zero-order valence-electron chi connectivity index (χ0n) is 14.4. The highest BCUT2D eigenvalue weighted by Crippen LogP contribution is 2.29. The monoisotopic (exact) mass is 427 g/mol. The Morgan fingerprint density at radius 3 is 2.83 bits per heavy atom. The first-order valence-electron chi connectivity index (χ1n) is 8.12. The molecule has 0 unspecified atom stereocenters. The molecule has 0 aliphatic carbocycles. The molecule has 0 saturated carbocycles. The van der Waals surface area contributed by atoms with Gasteiger partial charge in [-0.1, -0.05) is 29.5 Å². The van der Waals surface area contributed by atoms with E-state index >= 15 is 0 Å². The van der Waals surface area contributed by atoms with Crippen molar-refractivity contribution in [2.24, 2.45) is 0 Å². The highest BCUT2D eigenvalue weighted by Gasteiger charge is 2.16. The van der Waals surface area contributed by atoms with Gasteiger partial charge in [0.1, 0.15) is 11.1 Å². The number of hydrogen-bond donors (Lipinski definition) is 3. The molecule has 2 heterocycles. The van der Waals surface area contributed by atoms with Crippen LogP contribution in [0.25, 0.3) is 21.2 Å². The van der Waals surface area contributed by atoms with E-state index in [9.17, 15) is 14.8 Å². The van der Waals surface area contributed by atoms with E-state index in [0.29, 0.717) is 26.3 Å². The molecule has 11 heteroatoms. The van der Waals surface area contributed by atoms with Crippen molar-refractivity contribution in [2.75, 3.05) is 10.5 Å². The van der Waals surface area contributed by atoms with Crippen LogP contribution >= 0.6 is 23.6 Å². The van der Waals surface area contributed by atoms with E-state index in [1.165, 1.54) is 29.5 Å². The van der Waals surface area contributed by atoms with E-state index < -0.39 is 11.5 Å². The highest BCUT2D eigenvalue weighted by molar-refractivity contribution is 7.80. The number of para-hydroxylation sites is 1. The van der Waals surface area contributed by atoms with Crippen LogP contribution in [0.5, 0.6) is 0 Å². The zero-order valence-corrected chi connectivity index (χ0v) is 16.0. The van der Waals surface area contributed by atoms with Crippen molar-refractivity contribution in [1.29, 1.82) is 0 Å². The van der Waals surface area contributed by atoms with Gasteiger partial charge < -0.3 is 20.2 Å². The van der Waals surface area contributed by atoms with Crippen molar-refractivity contribution in [2.45, 2.75) is 0 Å². The number of thiocarbonyl (C=S) groups is 1. The summed E-state index contributed by atoms with van der Waals surface area (Å²) in [6.07, 6.45) is 0. The number of anilines is 2. The highest BCUT2D eigenvalue weighted by atomic mass is 32.1. The summed E-state index contributed by atoms with van der Waals surface area (Å²) in [6.45, 7) is 0. The lowest BCUT2D eigenvalue weighted by molar-refractivity contribution is 0.0974. The normalized spacial score (nSPS) is 10.8. The Labute approximate surface area is 171 Å². The first-order valence-corrected chi connectivity index (χ1v) is 9.35. The largest absolute Gasteiger partial charge is 0.733 e. The fraction of sp³-hybridized carbons (Fsp3) is 0. The fourth-order valence-electron chi connectivity index (χ4n) is 2.60. The van der Waals surface area contributed by atoms with E-state index in [2.05, 4.69) is 15.6 Å². The van der Waals surface area contributed by atoms with Gasteiger partial charge in [0.05, 0.1) is 15.9 Å². The molecule has 9 nitrogen and oxygen atoms in total. The van der Waals surface area contributed by atoms with Crippen LogP contribution in [-0.4, -0.2) is 21.2 Å². The second-order valence-corrected chi connectivity index (χ2v) is 7.28. The number of carbonyl (C=O) groups is 1. The summed E-state index contributed by atoms with van der Waals surface area (Å²) >= 11 is 6.28. The number of hydrogen-bond acceptors (Lipinski definition) is 9. The van der Waals surface area contributed by atoms with Crippen LogP contribution in [0.4, 0.5) is 10.8 Å². The van der Waals surface area contributed by atoms with Crippen LogP contribution in [0.1, 0.15) is 10.4 Å². The second-order valence-electron chi connectivity index (χ2n) is 5.84. The van der Waals surface area contributed by atoms with Crippen molar-refractivity contribution in [3.63, 3.8) is 0 Å². The van der Waals surface area contributed by atoms with Crippen LogP contribution in [0.3, 0.4) is 0 Å². The standard InChI is InChI=1S/C18H11N4O5S2/c23-15(11-7-9-3-1-2-4-13(9)27-16(11)24)20-17(28)21-18-19-12-6-5-10(22(25)26)8-14(12)29-18/h1-8,25H,(H2,19,20,21,23,28)/q-1. The van der Waals surface area contributed by atoms with E-state index in [4.69, 9.17) is 21.8 Å². The van der Waals surface area contributed by atoms with Gasteiger partial charge in [0, 0.05) is 5.39 Å². The average Bonchev–Trinajstić information content (AvgIpc) is 3.08. The van der Waals surface area contributed by atoms with Crippen molar-refractivity contribution in [3.8, 4) is 0 Å². The molecule has 0 spiro atoms. The lowest BCUT2D eigenvalue weighted by atomic mass is 10.2. The van der Waals surface area contributed by atoms with Gasteiger partial charge in [0.2, 0.25) is 0 Å². The Kier molecular flexibility index (Phi) is 4.94. The Morgan fingerprint density at radius 1 is 1.24 bits per heavy atom. The lowest BCUT2D eigenvalue weighted by Crippen LogP contribution is -2.36. The molecule has 2 aromatic heterocycles. The Morgan fingerprint density at radius 2 is 2.03 bits per heavy atom. The van der Waals surface area contributed by atoms with E-state index in [-0.39, 0.29) is 21.6 Å². The Hall–Kier alpha value is -3.38. The van der Waals surface area contributed by atoms with Gasteiger partial charge in [-0.15, -0.1) is 0 Å². The summed E-state index contributed by atoms with van der Waals surface area (Å²) in [4.78, 5) is 28.8. The maximum atomic E-state index is 12.4. The predicted octanol–water partition coefficient (Wildman–Crippen LogP) is 3.22. The van der Waals surface area contributed by atoms with Crippen molar-refractivity contribution in [3.05, 3.63) is 69.7 Å². The van der Waals surface area contributed by atoms with Crippen molar-refractivity contribution < 1.29 is 14.4 Å². The van der Waals surface area contributed by atoms with Crippen LogP contribution in [0.15, 0.2) is 57.7 Å². The molecule has 0 aliphatic heterocycles. The minimum Gasteiger partial charge on any atom is -0.733 e. The van der Waals surface area contributed by atoms with E-state index in [1.54, 1.807) is 30.3 Å². The minimum atomic E-state index is -0.775. The van der Waals surface area contributed by atoms with Gasteiger partial charge in [0.15, 0.2) is 10.2 Å². The number of nitrogens with one attached hydrogen (secondary N) is 2. The maximum Gasteiger partial charge on any atom is 0.349 e. The first kappa shape index (κ1) is 19.0. The average molecular weight is 427 g/mol. The summed E-state index contributed by atoms with van der Waals surface area (Å²) < 4.78 is 5.77. The molecule has 0 aliphatic rings. The second kappa shape index (κ2) is 7.56. The number of benzene rings is 2. The van der Waals surface area contributed by atoms with E-state index in [1.807, 2.05) is 0 Å². The van der Waals surface area contributed by atoms with Crippen molar-refractivity contribution in [1.82, 2.24) is 10.3 Å². The van der Waals surface area contributed by atoms with Crippen LogP contribution in [0, 0.1) is 5.21 Å². The van der Waals surface area contributed by atoms with Gasteiger partial charge in [-0.2, -0.15) is 0 Å². The summed E-state index contributed by atoms with van der Waals surface area (Å²) in [5.74, 6) is -0.715. The summed E-state index contributed by atoms with van der Waals surface area (Å²) in [5.41, 5.74) is 0.0603. The number of aromatic nitrogens is 1. The molecule has 2 aromatic carbocycles. The number of thiazole rings is 1. The smallest absolute Gasteiger partial charge is 0.349 e. The van der Waals surface area contributed by atoms with Crippen LogP contribution < -0.4 is 21.5 Å². The number of rotatable bonds is 3. The molecule has 0 atom stereocenters. The molecular formula is C18H11N4O5S2-. The molecule has 1 amide bonds. The fourth-order valence-corrected chi connectivity index (χ4v) is 3.76. The molecule has 3 N–H and O–H groups in total.